The Hall–Kier alpha value is -1.06. The molecule has 1 saturated carbocycles. The first kappa shape index (κ1) is 15.3. The molecule has 1 aliphatic rings. The quantitative estimate of drug-likeness (QED) is 0.907. The molecule has 0 aromatic heterocycles. The summed E-state index contributed by atoms with van der Waals surface area (Å²) in [6, 6.07) is 7.53. The Morgan fingerprint density at radius 2 is 1.90 bits per heavy atom. The third-order valence-corrected chi connectivity index (χ3v) is 4.05. The number of nitrogens with zero attached hydrogens (tertiary/aromatic N) is 1. The number of halogens is 1. The average molecular weight is 296 g/mol. The zero-order valence-electron chi connectivity index (χ0n) is 12.3. The zero-order chi connectivity index (χ0) is 15.0. The van der Waals surface area contributed by atoms with Crippen molar-refractivity contribution in [1.82, 2.24) is 4.90 Å². The van der Waals surface area contributed by atoms with E-state index in [2.05, 4.69) is 0 Å². The molecule has 1 amide bonds. The Morgan fingerprint density at radius 1 is 1.35 bits per heavy atom. The van der Waals surface area contributed by atoms with Crippen LogP contribution in [0.2, 0.25) is 5.02 Å². The van der Waals surface area contributed by atoms with Gasteiger partial charge in [0.1, 0.15) is 0 Å². The number of likely N-dealkylation sites (N-methyl/N-ethyl adjacent to an activating group) is 1. The first-order valence-corrected chi connectivity index (χ1v) is 7.44. The summed E-state index contributed by atoms with van der Waals surface area (Å²) in [4.78, 5) is 14.6. The van der Waals surface area contributed by atoms with E-state index in [0.29, 0.717) is 18.1 Å². The summed E-state index contributed by atoms with van der Waals surface area (Å²) >= 11 is 5.91. The maximum absolute atomic E-state index is 12.8. The van der Waals surface area contributed by atoms with Crippen LogP contribution in [0.4, 0.5) is 0 Å². The second kappa shape index (κ2) is 5.38. The smallest absolute Gasteiger partial charge is 0.233 e. The Kier molecular flexibility index (Phi) is 4.12. The molecule has 1 N–H and O–H groups in total. The van der Waals surface area contributed by atoms with Crippen molar-refractivity contribution in [3.63, 3.8) is 0 Å². The van der Waals surface area contributed by atoms with Gasteiger partial charge in [-0.05, 0) is 51.3 Å². The number of benzene rings is 1. The fourth-order valence-electron chi connectivity index (χ4n) is 2.62. The van der Waals surface area contributed by atoms with Crippen molar-refractivity contribution in [2.45, 2.75) is 44.6 Å². The van der Waals surface area contributed by atoms with Gasteiger partial charge in [-0.15, -0.1) is 0 Å². The van der Waals surface area contributed by atoms with Crippen molar-refractivity contribution in [1.29, 1.82) is 0 Å². The monoisotopic (exact) mass is 295 g/mol. The van der Waals surface area contributed by atoms with Crippen LogP contribution in [0.25, 0.3) is 0 Å². The van der Waals surface area contributed by atoms with Crippen LogP contribution < -0.4 is 0 Å². The van der Waals surface area contributed by atoms with Gasteiger partial charge in [0.2, 0.25) is 5.91 Å². The van der Waals surface area contributed by atoms with Crippen molar-refractivity contribution >= 4 is 17.5 Å². The lowest BCUT2D eigenvalue weighted by Crippen LogP contribution is -2.46. The molecule has 4 heteroatoms. The Morgan fingerprint density at radius 3 is 2.30 bits per heavy atom. The van der Waals surface area contributed by atoms with Crippen LogP contribution in [0.5, 0.6) is 0 Å². The van der Waals surface area contributed by atoms with Gasteiger partial charge in [-0.2, -0.15) is 0 Å². The summed E-state index contributed by atoms with van der Waals surface area (Å²) in [6.45, 7) is 6.37. The van der Waals surface area contributed by atoms with Crippen molar-refractivity contribution in [2.75, 3.05) is 13.1 Å². The van der Waals surface area contributed by atoms with Crippen molar-refractivity contribution < 1.29 is 9.90 Å². The maximum atomic E-state index is 12.8. The molecule has 110 valence electrons. The Bertz CT molecular complexity index is 486. The molecule has 0 saturated heterocycles. The van der Waals surface area contributed by atoms with Crippen LogP contribution >= 0.6 is 11.6 Å². The van der Waals surface area contributed by atoms with E-state index < -0.39 is 11.0 Å². The molecule has 2 rings (SSSR count). The topological polar surface area (TPSA) is 40.5 Å². The molecular formula is C16H22ClNO2. The maximum Gasteiger partial charge on any atom is 0.233 e. The molecule has 0 radical (unpaired) electrons. The molecular weight excluding hydrogens is 274 g/mol. The summed E-state index contributed by atoms with van der Waals surface area (Å²) in [5, 5.41) is 10.6. The molecule has 1 fully saturated rings. The van der Waals surface area contributed by atoms with Crippen molar-refractivity contribution in [2.24, 2.45) is 0 Å². The van der Waals surface area contributed by atoms with E-state index in [9.17, 15) is 9.90 Å². The lowest BCUT2D eigenvalue weighted by molar-refractivity contribution is -0.136. The highest BCUT2D eigenvalue weighted by Gasteiger charge is 2.53. The van der Waals surface area contributed by atoms with Gasteiger partial charge in [0.25, 0.3) is 0 Å². The normalized spacial score (nSPS) is 16.9. The number of amides is 1. The van der Waals surface area contributed by atoms with Crippen LogP contribution in [0.3, 0.4) is 0 Å². The lowest BCUT2D eigenvalue weighted by Gasteiger charge is -2.31. The van der Waals surface area contributed by atoms with E-state index in [-0.39, 0.29) is 5.91 Å². The third-order valence-electron chi connectivity index (χ3n) is 3.80. The van der Waals surface area contributed by atoms with E-state index in [1.807, 2.05) is 31.2 Å². The van der Waals surface area contributed by atoms with Gasteiger partial charge >= 0.3 is 0 Å². The number of aliphatic hydroxyl groups is 1. The summed E-state index contributed by atoms with van der Waals surface area (Å²) in [7, 11) is 0. The highest BCUT2D eigenvalue weighted by molar-refractivity contribution is 6.30. The molecule has 0 bridgehead atoms. The number of hydrogen-bond donors (Lipinski definition) is 1. The summed E-state index contributed by atoms with van der Waals surface area (Å²) in [5.74, 6) is 0.115. The van der Waals surface area contributed by atoms with Gasteiger partial charge in [-0.3, -0.25) is 4.79 Å². The van der Waals surface area contributed by atoms with Gasteiger partial charge in [0, 0.05) is 18.1 Å². The van der Waals surface area contributed by atoms with E-state index in [1.54, 1.807) is 18.7 Å². The van der Waals surface area contributed by atoms with Crippen LogP contribution in [-0.2, 0) is 10.2 Å². The van der Waals surface area contributed by atoms with E-state index >= 15 is 0 Å². The lowest BCUT2D eigenvalue weighted by atomic mass is 9.93. The highest BCUT2D eigenvalue weighted by Crippen LogP contribution is 2.49. The molecule has 1 aromatic rings. The van der Waals surface area contributed by atoms with Crippen LogP contribution in [-0.4, -0.2) is 34.6 Å². The summed E-state index contributed by atoms with van der Waals surface area (Å²) in [5.41, 5.74) is -0.241. The van der Waals surface area contributed by atoms with E-state index in [1.165, 1.54) is 0 Å². The Labute approximate surface area is 125 Å². The molecule has 0 heterocycles. The molecule has 1 aliphatic carbocycles. The first-order chi connectivity index (χ1) is 9.28. The second-order valence-electron chi connectivity index (χ2n) is 6.22. The van der Waals surface area contributed by atoms with Gasteiger partial charge in [0.15, 0.2) is 0 Å². The van der Waals surface area contributed by atoms with E-state index in [4.69, 9.17) is 11.6 Å². The van der Waals surface area contributed by atoms with Gasteiger partial charge < -0.3 is 10.0 Å². The van der Waals surface area contributed by atoms with E-state index in [0.717, 1.165) is 18.4 Å². The standard InChI is InChI=1S/C16H22ClNO2/c1-4-18(11-15(2,3)20)14(19)16(9-10-16)12-5-7-13(17)8-6-12/h5-8,20H,4,9-11H2,1-3H3. The first-order valence-electron chi connectivity index (χ1n) is 7.06. The minimum Gasteiger partial charge on any atom is -0.389 e. The number of carbonyl (C=O) groups is 1. The number of rotatable bonds is 5. The fourth-order valence-corrected chi connectivity index (χ4v) is 2.74. The SMILES string of the molecule is CCN(CC(C)(C)O)C(=O)C1(c2ccc(Cl)cc2)CC1. The predicted octanol–water partition coefficient (Wildman–Crippen LogP) is 2.99. The molecule has 3 nitrogen and oxygen atoms in total. The number of carbonyl (C=O) groups excluding carboxylic acids is 1. The largest absolute Gasteiger partial charge is 0.389 e. The molecule has 1 aromatic carbocycles. The molecule has 0 atom stereocenters. The zero-order valence-corrected chi connectivity index (χ0v) is 13.1. The molecule has 0 aliphatic heterocycles. The predicted molar refractivity (Wildman–Crippen MR) is 80.9 cm³/mol. The van der Waals surface area contributed by atoms with Crippen molar-refractivity contribution in [3.05, 3.63) is 34.9 Å². The molecule has 20 heavy (non-hydrogen) atoms. The van der Waals surface area contributed by atoms with Crippen LogP contribution in [0.1, 0.15) is 39.2 Å². The van der Waals surface area contributed by atoms with Gasteiger partial charge in [-0.1, -0.05) is 23.7 Å². The van der Waals surface area contributed by atoms with Gasteiger partial charge in [-0.25, -0.2) is 0 Å². The average Bonchev–Trinajstić information content (AvgIpc) is 3.16. The molecule has 0 spiro atoms. The van der Waals surface area contributed by atoms with Gasteiger partial charge in [0.05, 0.1) is 11.0 Å². The minimum atomic E-state index is -0.873. The minimum absolute atomic E-state index is 0.115. The van der Waals surface area contributed by atoms with Crippen molar-refractivity contribution in [3.8, 4) is 0 Å². The fraction of sp³-hybridized carbons (Fsp3) is 0.562. The summed E-state index contributed by atoms with van der Waals surface area (Å²) in [6.07, 6.45) is 1.74. The highest BCUT2D eigenvalue weighted by atomic mass is 35.5. The second-order valence-corrected chi connectivity index (χ2v) is 6.66. The Balaban J connectivity index is 2.20. The molecule has 0 unspecified atom stereocenters. The number of hydrogen-bond acceptors (Lipinski definition) is 2. The third kappa shape index (κ3) is 3.15. The summed E-state index contributed by atoms with van der Waals surface area (Å²) < 4.78 is 0. The van der Waals surface area contributed by atoms with Crippen LogP contribution in [0, 0.1) is 0 Å². The van der Waals surface area contributed by atoms with Crippen LogP contribution in [0.15, 0.2) is 24.3 Å².